The highest BCUT2D eigenvalue weighted by Gasteiger charge is 2.32. The second-order valence-electron chi connectivity index (χ2n) is 9.94. The third-order valence-electron chi connectivity index (χ3n) is 7.66. The number of nitrogens with one attached hydrogen (secondary N) is 1. The van der Waals surface area contributed by atoms with Gasteiger partial charge in [0.25, 0.3) is 5.91 Å². The summed E-state index contributed by atoms with van der Waals surface area (Å²) in [5, 5.41) is 4.81. The van der Waals surface area contributed by atoms with E-state index in [1.807, 2.05) is 60.5 Å². The summed E-state index contributed by atoms with van der Waals surface area (Å²) in [4.78, 5) is 28.3. The van der Waals surface area contributed by atoms with Gasteiger partial charge in [-0.15, -0.1) is 11.3 Å². The van der Waals surface area contributed by atoms with E-state index in [0.29, 0.717) is 28.0 Å². The van der Waals surface area contributed by atoms with Gasteiger partial charge in [0, 0.05) is 39.8 Å². The summed E-state index contributed by atoms with van der Waals surface area (Å²) in [5.41, 5.74) is 8.70. The predicted molar refractivity (Wildman–Crippen MR) is 159 cm³/mol. The summed E-state index contributed by atoms with van der Waals surface area (Å²) in [7, 11) is 3.64. The molecule has 0 bridgehead atoms. The average Bonchev–Trinajstić information content (AvgIpc) is 3.32. The van der Waals surface area contributed by atoms with Crippen molar-refractivity contribution in [1.29, 1.82) is 0 Å². The molecule has 5 rings (SSSR count). The number of carbonyl (C=O) groups is 2. The van der Waals surface area contributed by atoms with Crippen LogP contribution in [0.4, 0.5) is 0 Å². The maximum Gasteiger partial charge on any atom is 0.266 e. The van der Waals surface area contributed by atoms with E-state index in [2.05, 4.69) is 11.4 Å². The second-order valence-corrected chi connectivity index (χ2v) is 11.4. The molecule has 0 aliphatic heterocycles. The number of rotatable bonds is 8. The van der Waals surface area contributed by atoms with Gasteiger partial charge in [0.2, 0.25) is 5.91 Å². The van der Waals surface area contributed by atoms with Crippen molar-refractivity contribution >= 4 is 44.8 Å². The van der Waals surface area contributed by atoms with Crippen molar-refractivity contribution in [3.05, 3.63) is 87.8 Å². The average molecular weight is 562 g/mol. The standard InChI is InChI=1S/C31H32ClN3O3S/c1-34-23-12-14-24(15-13-23)35(31(37)29-28(32)25-5-3-4-6-27(25)39-29)18-22-17-21(11-16-26(22)38-2)19-7-9-20(10-8-19)30(33)36/h3-11,16-17,23-24,34H,12-15,18H2,1-2H3,(H2,33,36)/t23-,24-. The van der Waals surface area contributed by atoms with E-state index in [1.54, 1.807) is 19.2 Å². The Morgan fingerprint density at radius 3 is 2.36 bits per heavy atom. The van der Waals surface area contributed by atoms with Crippen molar-refractivity contribution in [2.45, 2.75) is 44.3 Å². The molecule has 1 aliphatic rings. The highest BCUT2D eigenvalue weighted by Crippen LogP contribution is 2.38. The molecule has 202 valence electrons. The Bertz CT molecular complexity index is 1490. The van der Waals surface area contributed by atoms with Crippen LogP contribution >= 0.6 is 22.9 Å². The van der Waals surface area contributed by atoms with Crippen LogP contribution in [0.5, 0.6) is 5.75 Å². The quantitative estimate of drug-likeness (QED) is 0.257. The Morgan fingerprint density at radius 1 is 1.03 bits per heavy atom. The van der Waals surface area contributed by atoms with Crippen LogP contribution in [-0.2, 0) is 6.54 Å². The van der Waals surface area contributed by atoms with Crippen LogP contribution in [-0.4, -0.2) is 43.0 Å². The molecule has 0 spiro atoms. The minimum atomic E-state index is -0.459. The van der Waals surface area contributed by atoms with E-state index >= 15 is 0 Å². The van der Waals surface area contributed by atoms with Gasteiger partial charge in [-0.3, -0.25) is 9.59 Å². The zero-order valence-corrected chi connectivity index (χ0v) is 23.6. The summed E-state index contributed by atoms with van der Waals surface area (Å²) in [6.45, 7) is 0.397. The molecule has 3 aromatic carbocycles. The number of nitrogens with zero attached hydrogens (tertiary/aromatic N) is 1. The molecule has 0 radical (unpaired) electrons. The molecule has 1 aliphatic carbocycles. The SMILES string of the molecule is CN[C@H]1CC[C@H](N(Cc2cc(-c3ccc(C(N)=O)cc3)ccc2OC)C(=O)c2sc3ccccc3c2Cl)CC1. The molecule has 0 atom stereocenters. The molecule has 4 aromatic rings. The third-order valence-corrected chi connectivity index (χ3v) is 9.32. The van der Waals surface area contributed by atoms with Crippen LogP contribution in [0.25, 0.3) is 21.2 Å². The largest absolute Gasteiger partial charge is 0.496 e. The zero-order chi connectivity index (χ0) is 27.5. The van der Waals surface area contributed by atoms with E-state index in [9.17, 15) is 9.59 Å². The monoisotopic (exact) mass is 561 g/mol. The maximum atomic E-state index is 14.2. The van der Waals surface area contributed by atoms with Crippen LogP contribution in [0, 0.1) is 0 Å². The molecular formula is C31H32ClN3O3S. The summed E-state index contributed by atoms with van der Waals surface area (Å²) in [6, 6.07) is 21.6. The number of primary amides is 1. The molecule has 1 fully saturated rings. The number of hydrogen-bond donors (Lipinski definition) is 2. The lowest BCUT2D eigenvalue weighted by Gasteiger charge is -2.37. The molecule has 2 amide bonds. The molecule has 1 heterocycles. The van der Waals surface area contributed by atoms with Gasteiger partial charge < -0.3 is 20.7 Å². The van der Waals surface area contributed by atoms with E-state index in [4.69, 9.17) is 22.1 Å². The maximum absolute atomic E-state index is 14.2. The number of fused-ring (bicyclic) bond motifs is 1. The molecule has 3 N–H and O–H groups in total. The first-order chi connectivity index (χ1) is 18.9. The van der Waals surface area contributed by atoms with E-state index in [1.165, 1.54) is 11.3 Å². The van der Waals surface area contributed by atoms with E-state index < -0.39 is 5.91 Å². The number of carbonyl (C=O) groups excluding carboxylic acids is 2. The van der Waals surface area contributed by atoms with Gasteiger partial charge in [-0.2, -0.15) is 0 Å². The number of benzene rings is 3. The first-order valence-corrected chi connectivity index (χ1v) is 14.3. The predicted octanol–water partition coefficient (Wildman–Crippen LogP) is 6.50. The molecule has 6 nitrogen and oxygen atoms in total. The number of nitrogens with two attached hydrogens (primary N) is 1. The van der Waals surface area contributed by atoms with Gasteiger partial charge >= 0.3 is 0 Å². The van der Waals surface area contributed by atoms with Gasteiger partial charge in [-0.05, 0) is 74.2 Å². The van der Waals surface area contributed by atoms with Gasteiger partial charge in [0.1, 0.15) is 10.6 Å². The van der Waals surface area contributed by atoms with Crippen LogP contribution in [0.1, 0.15) is 51.3 Å². The summed E-state index contributed by atoms with van der Waals surface area (Å²) in [5.74, 6) is 0.211. The summed E-state index contributed by atoms with van der Waals surface area (Å²) in [6.07, 6.45) is 3.84. The van der Waals surface area contributed by atoms with Crippen molar-refractivity contribution in [1.82, 2.24) is 10.2 Å². The third kappa shape index (κ3) is 5.66. The Balaban J connectivity index is 1.51. The molecule has 0 saturated heterocycles. The number of methoxy groups -OCH3 is 1. The summed E-state index contributed by atoms with van der Waals surface area (Å²) >= 11 is 8.23. The minimum absolute atomic E-state index is 0.0487. The number of amides is 2. The van der Waals surface area contributed by atoms with Crippen LogP contribution in [0.3, 0.4) is 0 Å². The van der Waals surface area contributed by atoms with Crippen LogP contribution in [0.15, 0.2) is 66.7 Å². The molecule has 1 aromatic heterocycles. The zero-order valence-electron chi connectivity index (χ0n) is 22.1. The molecule has 1 saturated carbocycles. The Labute approximate surface area is 237 Å². The van der Waals surface area contributed by atoms with Crippen molar-refractivity contribution in [2.75, 3.05) is 14.2 Å². The molecule has 0 unspecified atom stereocenters. The van der Waals surface area contributed by atoms with E-state index in [0.717, 1.165) is 58.2 Å². The van der Waals surface area contributed by atoms with Gasteiger partial charge in [0.05, 0.1) is 12.1 Å². The Hall–Kier alpha value is -3.39. The normalized spacial score (nSPS) is 17.2. The highest BCUT2D eigenvalue weighted by atomic mass is 35.5. The van der Waals surface area contributed by atoms with Crippen molar-refractivity contribution in [3.63, 3.8) is 0 Å². The number of thiophene rings is 1. The molecule has 8 heteroatoms. The topological polar surface area (TPSA) is 84.7 Å². The fourth-order valence-corrected chi connectivity index (χ4v) is 6.89. The molecular weight excluding hydrogens is 530 g/mol. The lowest BCUT2D eigenvalue weighted by atomic mass is 9.89. The first kappa shape index (κ1) is 27.2. The van der Waals surface area contributed by atoms with Crippen LogP contribution < -0.4 is 15.8 Å². The smallest absolute Gasteiger partial charge is 0.266 e. The number of ether oxygens (including phenoxy) is 1. The molecule has 39 heavy (non-hydrogen) atoms. The lowest BCUT2D eigenvalue weighted by Crippen LogP contribution is -2.44. The fourth-order valence-electron chi connectivity index (χ4n) is 5.42. The van der Waals surface area contributed by atoms with Crippen LogP contribution in [0.2, 0.25) is 5.02 Å². The fraction of sp³-hybridized carbons (Fsp3) is 0.290. The van der Waals surface area contributed by atoms with Crippen molar-refractivity contribution in [3.8, 4) is 16.9 Å². The highest BCUT2D eigenvalue weighted by molar-refractivity contribution is 7.21. The Morgan fingerprint density at radius 2 is 1.72 bits per heavy atom. The first-order valence-electron chi connectivity index (χ1n) is 13.1. The Kier molecular flexibility index (Phi) is 8.21. The summed E-state index contributed by atoms with van der Waals surface area (Å²) < 4.78 is 6.74. The van der Waals surface area contributed by atoms with Gasteiger partial charge in [-0.25, -0.2) is 0 Å². The van der Waals surface area contributed by atoms with Gasteiger partial charge in [-0.1, -0.05) is 48.0 Å². The number of hydrogen-bond acceptors (Lipinski definition) is 5. The van der Waals surface area contributed by atoms with Gasteiger partial charge in [0.15, 0.2) is 0 Å². The van der Waals surface area contributed by atoms with E-state index in [-0.39, 0.29) is 11.9 Å². The van der Waals surface area contributed by atoms with Crippen molar-refractivity contribution in [2.24, 2.45) is 5.73 Å². The lowest BCUT2D eigenvalue weighted by molar-refractivity contribution is 0.0604. The second kappa shape index (κ2) is 11.8. The van der Waals surface area contributed by atoms with Crippen molar-refractivity contribution < 1.29 is 14.3 Å². The minimum Gasteiger partial charge on any atom is -0.496 e. The number of halogens is 1.